The molecule has 0 spiro atoms. The van der Waals surface area contributed by atoms with E-state index in [1.54, 1.807) is 11.8 Å². The maximum Gasteiger partial charge on any atom is 0.412 e. The van der Waals surface area contributed by atoms with E-state index in [9.17, 15) is 9.59 Å². The molecule has 108 valence electrons. The highest BCUT2D eigenvalue weighted by Gasteiger charge is 2.40. The molecule has 4 nitrogen and oxygen atoms in total. The van der Waals surface area contributed by atoms with Gasteiger partial charge in [0.05, 0.1) is 0 Å². The summed E-state index contributed by atoms with van der Waals surface area (Å²) in [5.41, 5.74) is 0.437. The van der Waals surface area contributed by atoms with Gasteiger partial charge in [-0.25, -0.2) is 4.79 Å². The molecule has 1 aliphatic rings. The highest BCUT2D eigenvalue weighted by molar-refractivity contribution is 7.99. The molecule has 2 atom stereocenters. The van der Waals surface area contributed by atoms with Crippen LogP contribution in [0.2, 0.25) is 0 Å². The van der Waals surface area contributed by atoms with E-state index < -0.39 is 17.7 Å². The average Bonchev–Trinajstić information content (AvgIpc) is 2.81. The Labute approximate surface area is 123 Å². The van der Waals surface area contributed by atoms with Gasteiger partial charge in [-0.15, -0.1) is 11.8 Å². The van der Waals surface area contributed by atoms with Gasteiger partial charge < -0.3 is 9.53 Å². The first-order valence-electron chi connectivity index (χ1n) is 6.55. The van der Waals surface area contributed by atoms with Gasteiger partial charge in [0, 0.05) is 5.75 Å². The number of amides is 1. The van der Waals surface area contributed by atoms with E-state index in [1.807, 2.05) is 51.1 Å². The number of thioether (sulfide) groups is 1. The fourth-order valence-electron chi connectivity index (χ4n) is 2.05. The molecule has 0 bridgehead atoms. The van der Waals surface area contributed by atoms with Crippen LogP contribution in [0.1, 0.15) is 31.7 Å². The Bertz CT molecular complexity index is 484. The summed E-state index contributed by atoms with van der Waals surface area (Å²) < 4.78 is 5.42. The maximum absolute atomic E-state index is 12.3. The second kappa shape index (κ2) is 5.87. The molecule has 0 saturated carbocycles. The Kier molecular flexibility index (Phi) is 4.38. The van der Waals surface area contributed by atoms with Crippen LogP contribution in [0.15, 0.2) is 30.3 Å². The number of aldehydes is 1. The zero-order valence-electron chi connectivity index (χ0n) is 11.9. The summed E-state index contributed by atoms with van der Waals surface area (Å²) in [7, 11) is 0. The maximum atomic E-state index is 12.3. The topological polar surface area (TPSA) is 46.6 Å². The van der Waals surface area contributed by atoms with Gasteiger partial charge in [0.1, 0.15) is 23.3 Å². The van der Waals surface area contributed by atoms with Crippen LogP contribution in [0.3, 0.4) is 0 Å². The summed E-state index contributed by atoms with van der Waals surface area (Å²) in [5, 5.41) is -0.166. The van der Waals surface area contributed by atoms with Crippen molar-refractivity contribution in [2.45, 2.75) is 37.8 Å². The molecule has 0 aromatic heterocycles. The minimum Gasteiger partial charge on any atom is -0.444 e. The Hall–Kier alpha value is -1.49. The molecule has 2 rings (SSSR count). The van der Waals surface area contributed by atoms with Gasteiger partial charge >= 0.3 is 6.09 Å². The highest BCUT2D eigenvalue weighted by Crippen LogP contribution is 2.41. The van der Waals surface area contributed by atoms with Crippen molar-refractivity contribution in [1.29, 1.82) is 0 Å². The van der Waals surface area contributed by atoms with E-state index >= 15 is 0 Å². The van der Waals surface area contributed by atoms with Gasteiger partial charge in [-0.05, 0) is 26.3 Å². The zero-order chi connectivity index (χ0) is 14.8. The second-order valence-electron chi connectivity index (χ2n) is 5.69. The average molecular weight is 293 g/mol. The number of rotatable bonds is 2. The molecule has 1 fully saturated rings. The predicted octanol–water partition coefficient (Wildman–Crippen LogP) is 3.24. The third kappa shape index (κ3) is 3.33. The van der Waals surface area contributed by atoms with Crippen LogP contribution < -0.4 is 0 Å². The number of nitrogens with zero attached hydrogens (tertiary/aromatic N) is 1. The summed E-state index contributed by atoms with van der Waals surface area (Å²) in [4.78, 5) is 25.1. The largest absolute Gasteiger partial charge is 0.444 e. The van der Waals surface area contributed by atoms with E-state index in [4.69, 9.17) is 4.74 Å². The van der Waals surface area contributed by atoms with Crippen molar-refractivity contribution in [3.8, 4) is 0 Å². The van der Waals surface area contributed by atoms with Crippen molar-refractivity contribution in [3.63, 3.8) is 0 Å². The quantitative estimate of drug-likeness (QED) is 0.785. The number of carbonyl (C=O) groups is 2. The molecule has 1 aliphatic heterocycles. The van der Waals surface area contributed by atoms with E-state index in [-0.39, 0.29) is 5.37 Å². The molecule has 1 unspecified atom stereocenters. The molecule has 1 aromatic rings. The van der Waals surface area contributed by atoms with Gasteiger partial charge in [0.2, 0.25) is 0 Å². The lowest BCUT2D eigenvalue weighted by atomic mass is 10.2. The third-order valence-electron chi connectivity index (χ3n) is 2.88. The fraction of sp³-hybridized carbons (Fsp3) is 0.467. The molecule has 20 heavy (non-hydrogen) atoms. The lowest BCUT2D eigenvalue weighted by Crippen LogP contribution is -2.42. The van der Waals surface area contributed by atoms with Crippen LogP contribution in [-0.2, 0) is 9.53 Å². The number of carbonyl (C=O) groups excluding carboxylic acids is 2. The summed E-state index contributed by atoms with van der Waals surface area (Å²) >= 11 is 1.58. The SMILES string of the molecule is CC(C)(C)OC(=O)N1C(C=O)CS[C@@H]1c1ccccc1. The number of benzene rings is 1. The molecular weight excluding hydrogens is 274 g/mol. The monoisotopic (exact) mass is 293 g/mol. The predicted molar refractivity (Wildman–Crippen MR) is 79.6 cm³/mol. The van der Waals surface area contributed by atoms with E-state index in [0.29, 0.717) is 5.75 Å². The molecule has 0 radical (unpaired) electrons. The van der Waals surface area contributed by atoms with Crippen molar-refractivity contribution in [1.82, 2.24) is 4.90 Å². The minimum absolute atomic E-state index is 0.166. The van der Waals surface area contributed by atoms with Crippen LogP contribution in [-0.4, -0.2) is 34.7 Å². The van der Waals surface area contributed by atoms with Crippen molar-refractivity contribution >= 4 is 24.1 Å². The van der Waals surface area contributed by atoms with E-state index in [2.05, 4.69) is 0 Å². The highest BCUT2D eigenvalue weighted by atomic mass is 32.2. The van der Waals surface area contributed by atoms with Crippen molar-refractivity contribution in [3.05, 3.63) is 35.9 Å². The van der Waals surface area contributed by atoms with Gasteiger partial charge in [0.15, 0.2) is 0 Å². The first-order chi connectivity index (χ1) is 9.42. The molecular formula is C15H19NO3S. The molecule has 5 heteroatoms. The van der Waals surface area contributed by atoms with Gasteiger partial charge in [-0.2, -0.15) is 0 Å². The molecule has 1 aromatic carbocycles. The van der Waals surface area contributed by atoms with E-state index in [1.165, 1.54) is 4.90 Å². The van der Waals surface area contributed by atoms with Crippen LogP contribution in [0.25, 0.3) is 0 Å². The Balaban J connectivity index is 2.24. The van der Waals surface area contributed by atoms with Crippen molar-refractivity contribution in [2.75, 3.05) is 5.75 Å². The molecule has 0 N–H and O–H groups in total. The van der Waals surface area contributed by atoms with Crippen molar-refractivity contribution < 1.29 is 14.3 Å². The van der Waals surface area contributed by atoms with Gasteiger partial charge in [-0.3, -0.25) is 4.90 Å². The summed E-state index contributed by atoms with van der Waals surface area (Å²) in [6, 6.07) is 9.28. The minimum atomic E-state index is -0.570. The van der Waals surface area contributed by atoms with Crippen LogP contribution in [0.4, 0.5) is 4.79 Å². The lowest BCUT2D eigenvalue weighted by molar-refractivity contribution is -0.111. The number of ether oxygens (including phenoxy) is 1. The smallest absolute Gasteiger partial charge is 0.412 e. The summed E-state index contributed by atoms with van der Waals surface area (Å²) in [6.45, 7) is 5.46. The van der Waals surface area contributed by atoms with Gasteiger partial charge in [0.25, 0.3) is 0 Å². The van der Waals surface area contributed by atoms with Crippen LogP contribution >= 0.6 is 11.8 Å². The number of hydrogen-bond donors (Lipinski definition) is 0. The van der Waals surface area contributed by atoms with Crippen LogP contribution in [0, 0.1) is 0 Å². The van der Waals surface area contributed by atoms with Gasteiger partial charge in [-0.1, -0.05) is 30.3 Å². The normalized spacial score (nSPS) is 22.6. The first-order valence-corrected chi connectivity index (χ1v) is 7.60. The molecule has 1 amide bonds. The Morgan fingerprint density at radius 3 is 2.55 bits per heavy atom. The standard InChI is InChI=1S/C15H19NO3S/c1-15(2,3)19-14(18)16-12(9-17)10-20-13(16)11-7-5-4-6-8-11/h4-9,12-13H,10H2,1-3H3/t12?,13-/m1/s1. The van der Waals surface area contributed by atoms with Crippen LogP contribution in [0.5, 0.6) is 0 Å². The lowest BCUT2D eigenvalue weighted by Gasteiger charge is -2.30. The molecule has 1 saturated heterocycles. The fourth-order valence-corrected chi connectivity index (χ4v) is 3.42. The Morgan fingerprint density at radius 1 is 1.35 bits per heavy atom. The Morgan fingerprint density at radius 2 is 2.00 bits per heavy atom. The first kappa shape index (κ1) is 14.9. The summed E-state index contributed by atoms with van der Waals surface area (Å²) in [5.74, 6) is 0.600. The second-order valence-corrected chi connectivity index (χ2v) is 6.80. The molecule has 1 heterocycles. The number of hydrogen-bond acceptors (Lipinski definition) is 4. The van der Waals surface area contributed by atoms with Crippen molar-refractivity contribution in [2.24, 2.45) is 0 Å². The third-order valence-corrected chi connectivity index (χ3v) is 4.23. The summed E-state index contributed by atoms with van der Waals surface area (Å²) in [6.07, 6.45) is 0.383. The zero-order valence-corrected chi connectivity index (χ0v) is 12.7. The van der Waals surface area contributed by atoms with E-state index in [0.717, 1.165) is 11.8 Å². The molecule has 0 aliphatic carbocycles.